The van der Waals surface area contributed by atoms with Gasteiger partial charge in [-0.15, -0.1) is 23.1 Å². The van der Waals surface area contributed by atoms with Crippen molar-refractivity contribution in [1.82, 2.24) is 9.80 Å². The molecular weight excluding hydrogens is 374 g/mol. The van der Waals surface area contributed by atoms with Crippen LogP contribution in [0.25, 0.3) is 0 Å². The Hall–Kier alpha value is -1.65. The molecule has 0 aliphatic carbocycles. The van der Waals surface area contributed by atoms with Crippen LogP contribution in [0.2, 0.25) is 0 Å². The molecule has 0 N–H and O–H groups in total. The molecule has 0 amide bonds. The average Bonchev–Trinajstić information content (AvgIpc) is 3.07. The summed E-state index contributed by atoms with van der Waals surface area (Å²) >= 11 is 3.45. The van der Waals surface area contributed by atoms with E-state index in [4.69, 9.17) is 0 Å². The van der Waals surface area contributed by atoms with Crippen LogP contribution in [0.5, 0.6) is 0 Å². The van der Waals surface area contributed by atoms with Crippen LogP contribution in [0.3, 0.4) is 0 Å². The van der Waals surface area contributed by atoms with Crippen molar-refractivity contribution in [3.63, 3.8) is 0 Å². The van der Waals surface area contributed by atoms with Gasteiger partial charge in [0.05, 0.1) is 11.4 Å². The summed E-state index contributed by atoms with van der Waals surface area (Å²) in [5.41, 5.74) is 2.36. The molecule has 1 aliphatic heterocycles. The first kappa shape index (κ1) is 20.1. The molecule has 1 aromatic carbocycles. The van der Waals surface area contributed by atoms with Crippen molar-refractivity contribution in [2.75, 3.05) is 25.9 Å². The van der Waals surface area contributed by atoms with E-state index in [0.717, 1.165) is 42.9 Å². The zero-order valence-corrected chi connectivity index (χ0v) is 17.4. The second kappa shape index (κ2) is 9.52. The fourth-order valence-corrected chi connectivity index (χ4v) is 6.03. The van der Waals surface area contributed by atoms with Crippen molar-refractivity contribution in [3.05, 3.63) is 57.3 Å². The van der Waals surface area contributed by atoms with Crippen LogP contribution in [0, 0.1) is 18.3 Å². The topological polar surface area (TPSA) is 47.3 Å². The largest absolute Gasteiger partial charge is 0.303 e. The summed E-state index contributed by atoms with van der Waals surface area (Å²) in [6.45, 7) is 5.61. The van der Waals surface area contributed by atoms with Gasteiger partial charge < -0.3 is 4.79 Å². The van der Waals surface area contributed by atoms with Gasteiger partial charge in [-0.05, 0) is 30.4 Å². The molecule has 2 unspecified atom stereocenters. The minimum Gasteiger partial charge on any atom is -0.303 e. The maximum absolute atomic E-state index is 10.9. The van der Waals surface area contributed by atoms with E-state index in [2.05, 4.69) is 52.5 Å². The zero-order valence-electron chi connectivity index (χ0n) is 15.8. The number of carbonyl (C=O) groups is 1. The van der Waals surface area contributed by atoms with Crippen LogP contribution in [-0.4, -0.2) is 47.3 Å². The normalized spacial score (nSPS) is 21.1. The van der Waals surface area contributed by atoms with Gasteiger partial charge in [-0.25, -0.2) is 0 Å². The van der Waals surface area contributed by atoms with Gasteiger partial charge in [0.25, 0.3) is 0 Å². The molecule has 0 bridgehead atoms. The van der Waals surface area contributed by atoms with E-state index in [-0.39, 0.29) is 11.4 Å². The molecule has 0 saturated carbocycles. The summed E-state index contributed by atoms with van der Waals surface area (Å²) in [6, 6.07) is 15.3. The summed E-state index contributed by atoms with van der Waals surface area (Å²) in [5, 5.41) is 9.69. The number of rotatable bonds is 7. The van der Waals surface area contributed by atoms with Gasteiger partial charge in [0, 0.05) is 37.5 Å². The number of carbonyl (C=O) groups excluding carboxylic acids is 1. The Morgan fingerprint density at radius 3 is 2.67 bits per heavy atom. The Balaban J connectivity index is 1.93. The summed E-state index contributed by atoms with van der Waals surface area (Å²) in [4.78, 5) is 17.9. The van der Waals surface area contributed by atoms with Crippen LogP contribution < -0.4 is 0 Å². The van der Waals surface area contributed by atoms with Crippen LogP contribution >= 0.6 is 23.1 Å². The van der Waals surface area contributed by atoms with Crippen LogP contribution in [0.15, 0.2) is 36.4 Å². The SMILES string of the molecule is CSC1C(c2cc(C)c(C#N)s2)N(Cc2ccccc2)CCN1CCC=O. The quantitative estimate of drug-likeness (QED) is 0.657. The van der Waals surface area contributed by atoms with Gasteiger partial charge in [0.1, 0.15) is 17.2 Å². The Bertz CT molecular complexity index is 800. The standard InChI is InChI=1S/C21H25N3OS2/c1-16-13-18(27-19(16)14-22)20-21(26-2)23(9-6-12-25)10-11-24(20)15-17-7-4-3-5-8-17/h3-5,7-8,12-13,20-21H,6,9-11,15H2,1-2H3. The number of hydrogen-bond acceptors (Lipinski definition) is 6. The van der Waals surface area contributed by atoms with Gasteiger partial charge in [-0.1, -0.05) is 30.3 Å². The zero-order chi connectivity index (χ0) is 19.2. The highest BCUT2D eigenvalue weighted by Gasteiger charge is 2.38. The number of aryl methyl sites for hydroxylation is 1. The maximum Gasteiger partial charge on any atom is 0.121 e. The lowest BCUT2D eigenvalue weighted by molar-refractivity contribution is -0.108. The second-order valence-corrected chi connectivity index (χ2v) is 8.83. The molecule has 4 nitrogen and oxygen atoms in total. The monoisotopic (exact) mass is 399 g/mol. The highest BCUT2D eigenvalue weighted by molar-refractivity contribution is 7.99. The minimum absolute atomic E-state index is 0.214. The molecule has 1 fully saturated rings. The predicted molar refractivity (Wildman–Crippen MR) is 113 cm³/mol. The Morgan fingerprint density at radius 1 is 1.30 bits per heavy atom. The highest BCUT2D eigenvalue weighted by atomic mass is 32.2. The number of aldehydes is 1. The van der Waals surface area contributed by atoms with E-state index in [1.807, 2.05) is 24.8 Å². The van der Waals surface area contributed by atoms with E-state index in [0.29, 0.717) is 6.42 Å². The molecule has 0 radical (unpaired) electrons. The number of thioether (sulfide) groups is 1. The fourth-order valence-electron chi connectivity index (χ4n) is 3.72. The molecule has 2 aromatic rings. The lowest BCUT2D eigenvalue weighted by Gasteiger charge is -2.46. The number of piperazine rings is 1. The van der Waals surface area contributed by atoms with Crippen molar-refractivity contribution < 1.29 is 4.79 Å². The van der Waals surface area contributed by atoms with Crippen LogP contribution in [-0.2, 0) is 11.3 Å². The molecule has 2 heterocycles. The number of nitriles is 1. The third-order valence-electron chi connectivity index (χ3n) is 5.03. The van der Waals surface area contributed by atoms with Crippen molar-refractivity contribution >= 4 is 29.4 Å². The minimum atomic E-state index is 0.214. The smallest absolute Gasteiger partial charge is 0.121 e. The molecule has 2 atom stereocenters. The molecule has 6 heteroatoms. The molecule has 3 rings (SSSR count). The fraction of sp³-hybridized carbons (Fsp3) is 0.429. The number of hydrogen-bond donors (Lipinski definition) is 0. The van der Waals surface area contributed by atoms with Crippen molar-refractivity contribution in [3.8, 4) is 6.07 Å². The van der Waals surface area contributed by atoms with Gasteiger partial charge in [0.15, 0.2) is 0 Å². The van der Waals surface area contributed by atoms with Gasteiger partial charge in [0.2, 0.25) is 0 Å². The highest BCUT2D eigenvalue weighted by Crippen LogP contribution is 2.41. The molecule has 0 spiro atoms. The Labute approximate surface area is 169 Å². The number of benzene rings is 1. The number of thiophene rings is 1. The second-order valence-electron chi connectivity index (χ2n) is 6.79. The van der Waals surface area contributed by atoms with Crippen molar-refractivity contribution in [1.29, 1.82) is 5.26 Å². The van der Waals surface area contributed by atoms with Crippen LogP contribution in [0.1, 0.15) is 33.3 Å². The third kappa shape index (κ3) is 4.61. The van der Waals surface area contributed by atoms with Gasteiger partial charge in [-0.2, -0.15) is 5.26 Å². The lowest BCUT2D eigenvalue weighted by Crippen LogP contribution is -2.53. The summed E-state index contributed by atoms with van der Waals surface area (Å²) in [5.74, 6) is 0. The molecule has 1 aliphatic rings. The number of nitrogens with zero attached hydrogens (tertiary/aromatic N) is 3. The summed E-state index contributed by atoms with van der Waals surface area (Å²) < 4.78 is 0. The third-order valence-corrected chi connectivity index (χ3v) is 7.28. The van der Waals surface area contributed by atoms with E-state index in [9.17, 15) is 10.1 Å². The van der Waals surface area contributed by atoms with E-state index >= 15 is 0 Å². The predicted octanol–water partition coefficient (Wildman–Crippen LogP) is 4.07. The lowest BCUT2D eigenvalue weighted by atomic mass is 10.1. The molecular formula is C21H25N3OS2. The first-order valence-electron chi connectivity index (χ1n) is 9.16. The Morgan fingerprint density at radius 2 is 2.04 bits per heavy atom. The van der Waals surface area contributed by atoms with E-state index in [1.54, 1.807) is 11.3 Å². The maximum atomic E-state index is 10.9. The van der Waals surface area contributed by atoms with Crippen LogP contribution in [0.4, 0.5) is 0 Å². The summed E-state index contributed by atoms with van der Waals surface area (Å²) in [7, 11) is 0. The molecule has 1 aromatic heterocycles. The summed E-state index contributed by atoms with van der Waals surface area (Å²) in [6.07, 6.45) is 3.71. The van der Waals surface area contributed by atoms with Crippen molar-refractivity contribution in [2.24, 2.45) is 0 Å². The van der Waals surface area contributed by atoms with Gasteiger partial charge >= 0.3 is 0 Å². The first-order chi connectivity index (χ1) is 13.2. The molecule has 142 valence electrons. The molecule has 1 saturated heterocycles. The first-order valence-corrected chi connectivity index (χ1v) is 11.3. The van der Waals surface area contributed by atoms with E-state index in [1.165, 1.54) is 10.4 Å². The molecule has 27 heavy (non-hydrogen) atoms. The van der Waals surface area contributed by atoms with E-state index < -0.39 is 0 Å². The Kier molecular flexibility index (Phi) is 7.08. The average molecular weight is 400 g/mol. The van der Waals surface area contributed by atoms with Crippen molar-refractivity contribution in [2.45, 2.75) is 31.3 Å². The van der Waals surface area contributed by atoms with Gasteiger partial charge in [-0.3, -0.25) is 9.80 Å².